The Bertz CT molecular complexity index is 2780. The van der Waals surface area contributed by atoms with E-state index in [4.69, 9.17) is 0 Å². The van der Waals surface area contributed by atoms with E-state index in [1.807, 2.05) is 0 Å². The van der Waals surface area contributed by atoms with E-state index in [1.54, 1.807) is 36.4 Å². The van der Waals surface area contributed by atoms with Gasteiger partial charge in [0.25, 0.3) is 20.2 Å². The van der Waals surface area contributed by atoms with Crippen LogP contribution in [-0.4, -0.2) is 38.9 Å². The zero-order chi connectivity index (χ0) is 34.4. The molecule has 0 heterocycles. The van der Waals surface area contributed by atoms with Gasteiger partial charge < -0.3 is 4.55 Å². The molecule has 0 saturated carbocycles. The summed E-state index contributed by atoms with van der Waals surface area (Å²) in [5.74, 6) is 0. The van der Waals surface area contributed by atoms with Crippen LogP contribution in [0.25, 0.3) is 37.3 Å². The average Bonchev–Trinajstić information content (AvgIpc) is 3.04. The minimum atomic E-state index is -4.85. The van der Waals surface area contributed by atoms with Crippen molar-refractivity contribution in [2.45, 2.75) is 14.7 Å². The van der Waals surface area contributed by atoms with Crippen molar-refractivity contribution in [2.24, 2.45) is 20.5 Å². The van der Waals surface area contributed by atoms with Crippen LogP contribution in [0.3, 0.4) is 0 Å². The molecular formula is C30H18N6O9S3. The minimum Gasteiger partial charge on any atom is -0.744 e. The Morgan fingerprint density at radius 3 is 1.65 bits per heavy atom. The van der Waals surface area contributed by atoms with Crippen molar-refractivity contribution in [2.75, 3.05) is 0 Å². The third-order valence-corrected chi connectivity index (χ3v) is 9.85. The molecule has 2 N–H and O–H groups in total. The number of azo groups is 2. The first-order valence-electron chi connectivity index (χ1n) is 13.4. The van der Waals surface area contributed by atoms with E-state index >= 15 is 0 Å². The highest BCUT2D eigenvalue weighted by Crippen LogP contribution is 2.39. The molecule has 15 nitrogen and oxygen atoms in total. The maximum atomic E-state index is 12.2. The summed E-state index contributed by atoms with van der Waals surface area (Å²) in [6.45, 7) is 0. The highest BCUT2D eigenvalue weighted by atomic mass is 32.2. The topological polar surface area (TPSA) is 244 Å². The van der Waals surface area contributed by atoms with Gasteiger partial charge in [-0.25, -0.2) is 8.42 Å². The van der Waals surface area contributed by atoms with Crippen molar-refractivity contribution in [3.8, 4) is 0 Å². The Kier molecular flexibility index (Phi) is 8.04. The van der Waals surface area contributed by atoms with Crippen molar-refractivity contribution < 1.29 is 38.9 Å². The molecule has 6 aromatic rings. The highest BCUT2D eigenvalue weighted by molar-refractivity contribution is 7.86. The Balaban J connectivity index is 1.43. The molecule has 0 unspecified atom stereocenters. The van der Waals surface area contributed by atoms with Crippen LogP contribution in [0.15, 0.2) is 132 Å². The molecule has 6 rings (SSSR count). The van der Waals surface area contributed by atoms with Crippen LogP contribution in [0.1, 0.15) is 0 Å². The molecule has 0 radical (unpaired) electrons. The van der Waals surface area contributed by atoms with Gasteiger partial charge in [0.15, 0.2) is 4.98 Å². The lowest BCUT2D eigenvalue weighted by Gasteiger charge is -2.09. The van der Waals surface area contributed by atoms with Gasteiger partial charge in [-0.2, -0.15) is 21.9 Å². The van der Waals surface area contributed by atoms with E-state index < -0.39 is 45.0 Å². The molecule has 0 aliphatic carbocycles. The van der Waals surface area contributed by atoms with Crippen LogP contribution in [0, 0.1) is 5.39 Å². The molecule has 0 fully saturated rings. The number of nitrogens with zero attached hydrogens (tertiary/aromatic N) is 6. The van der Waals surface area contributed by atoms with E-state index in [0.717, 1.165) is 24.3 Å². The van der Waals surface area contributed by atoms with Crippen molar-refractivity contribution in [1.82, 2.24) is 0 Å². The van der Waals surface area contributed by atoms with Gasteiger partial charge >= 0.3 is 5.69 Å². The van der Waals surface area contributed by atoms with Gasteiger partial charge in [0.1, 0.15) is 19.9 Å². The first kappa shape index (κ1) is 32.4. The fourth-order valence-electron chi connectivity index (χ4n) is 5.09. The van der Waals surface area contributed by atoms with E-state index in [-0.39, 0.29) is 33.2 Å². The molecular weight excluding hydrogens is 685 g/mol. The number of hydrogen-bond acceptors (Lipinski definition) is 12. The monoisotopic (exact) mass is 702 g/mol. The lowest BCUT2D eigenvalue weighted by molar-refractivity contribution is 0.463. The number of fused-ring (bicyclic) bond motifs is 3. The molecule has 0 aliphatic heterocycles. The lowest BCUT2D eigenvalue weighted by Crippen LogP contribution is -2.03. The van der Waals surface area contributed by atoms with Crippen LogP contribution >= 0.6 is 0 Å². The summed E-state index contributed by atoms with van der Waals surface area (Å²) >= 11 is 0. The second-order valence-corrected chi connectivity index (χ2v) is 14.3. The highest BCUT2D eigenvalue weighted by Gasteiger charge is 2.21. The normalized spacial score (nSPS) is 12.8. The van der Waals surface area contributed by atoms with E-state index in [9.17, 15) is 44.3 Å². The SMILES string of the molecule is N#[N+]c1ccc(N=Nc2ccc(N=Nc3cc(S(=O)(=O)O)c4cccc(S(=O)(=O)O)c4c3)c3ccccc23)c2ccc(S(=O)(=O)[O-])cc12. The Morgan fingerprint density at radius 1 is 0.542 bits per heavy atom. The quantitative estimate of drug-likeness (QED) is 0.0926. The third-order valence-electron chi connectivity index (χ3n) is 7.21. The van der Waals surface area contributed by atoms with Crippen molar-refractivity contribution >= 4 is 91.1 Å². The van der Waals surface area contributed by atoms with E-state index in [0.29, 0.717) is 27.5 Å². The summed E-state index contributed by atoms with van der Waals surface area (Å²) in [5.41, 5.74) is 0.822. The molecule has 0 bridgehead atoms. The molecule has 18 heteroatoms. The number of hydrogen-bond donors (Lipinski definition) is 2. The smallest absolute Gasteiger partial charge is 0.392 e. The van der Waals surface area contributed by atoms with Crippen molar-refractivity contribution in [3.05, 3.63) is 102 Å². The molecule has 48 heavy (non-hydrogen) atoms. The van der Waals surface area contributed by atoms with E-state index in [2.05, 4.69) is 25.4 Å². The fourth-order valence-corrected chi connectivity index (χ4v) is 7.01. The summed E-state index contributed by atoms with van der Waals surface area (Å²) < 4.78 is 102. The molecule has 6 aromatic carbocycles. The van der Waals surface area contributed by atoms with Crippen LogP contribution in [0.4, 0.5) is 28.4 Å². The zero-order valence-electron chi connectivity index (χ0n) is 23.9. The van der Waals surface area contributed by atoms with Crippen LogP contribution in [-0.2, 0) is 30.4 Å². The largest absolute Gasteiger partial charge is 0.744 e. The first-order chi connectivity index (χ1) is 22.6. The van der Waals surface area contributed by atoms with Gasteiger partial charge in [0.2, 0.25) is 5.39 Å². The maximum absolute atomic E-state index is 12.2. The van der Waals surface area contributed by atoms with Crippen molar-refractivity contribution in [3.63, 3.8) is 0 Å². The average molecular weight is 703 g/mol. The van der Waals surface area contributed by atoms with E-state index in [1.165, 1.54) is 36.4 Å². The number of diazo groups is 1. The van der Waals surface area contributed by atoms with Crippen LogP contribution < -0.4 is 0 Å². The lowest BCUT2D eigenvalue weighted by atomic mass is 10.1. The Hall–Kier alpha value is -5.55. The minimum absolute atomic E-state index is 0.0129. The van der Waals surface area contributed by atoms with Crippen LogP contribution in [0.2, 0.25) is 0 Å². The van der Waals surface area contributed by atoms with Crippen molar-refractivity contribution in [1.29, 1.82) is 5.39 Å². The number of rotatable bonds is 7. The fraction of sp³-hybridized carbons (Fsp3) is 0. The summed E-state index contributed by atoms with van der Waals surface area (Å²) in [6.07, 6.45) is 0. The molecule has 0 aromatic heterocycles. The first-order valence-corrected chi connectivity index (χ1v) is 17.7. The predicted molar refractivity (Wildman–Crippen MR) is 173 cm³/mol. The maximum Gasteiger partial charge on any atom is 0.392 e. The molecule has 0 aliphatic rings. The molecule has 0 atom stereocenters. The summed E-state index contributed by atoms with van der Waals surface area (Å²) in [7, 11) is -14.4. The summed E-state index contributed by atoms with van der Waals surface area (Å²) in [5, 5.41) is 27.6. The van der Waals surface area contributed by atoms with Gasteiger partial charge in [0, 0.05) is 33.0 Å². The summed E-state index contributed by atoms with van der Waals surface area (Å²) in [6, 6.07) is 22.2. The van der Waals surface area contributed by atoms with Gasteiger partial charge in [-0.1, -0.05) is 42.5 Å². The third kappa shape index (κ3) is 6.24. The second-order valence-electron chi connectivity index (χ2n) is 10.2. The van der Waals surface area contributed by atoms with Gasteiger partial charge in [-0.3, -0.25) is 9.11 Å². The molecule has 0 amide bonds. The summed E-state index contributed by atoms with van der Waals surface area (Å²) in [4.78, 5) is 1.41. The van der Waals surface area contributed by atoms with Gasteiger partial charge in [0.05, 0.1) is 33.0 Å². The predicted octanol–water partition coefficient (Wildman–Crippen LogP) is 7.86. The van der Waals surface area contributed by atoms with Gasteiger partial charge in [-0.05, 0) is 48.5 Å². The van der Waals surface area contributed by atoms with Crippen LogP contribution in [0.5, 0.6) is 0 Å². The molecule has 240 valence electrons. The molecule has 0 saturated heterocycles. The Morgan fingerprint density at radius 2 is 1.08 bits per heavy atom. The zero-order valence-corrected chi connectivity index (χ0v) is 26.3. The molecule has 0 spiro atoms. The van der Waals surface area contributed by atoms with Gasteiger partial charge in [-0.15, -0.1) is 15.3 Å². The Labute approximate surface area is 271 Å². The standard InChI is InChI=1S/C30H18N6O9S3/c31-32-25-10-11-28(21-9-8-18(16-23(21)25)46(37,38)39)36-35-27-13-12-26(19-4-1-2-5-20(19)27)34-33-17-14-24-22(30(15-17)48(43,44)45)6-3-7-29(24)47(40,41)42/h1-16H,(H2-,37,38,39,40,41,42,43,44,45). The second kappa shape index (κ2) is 11.9. The number of benzene rings is 6.